The zero-order valence-corrected chi connectivity index (χ0v) is 5.97. The number of hydrogen-bond donors (Lipinski definition) is 3. The molecule has 0 aromatic heterocycles. The molecule has 1 aliphatic rings. The molecule has 0 radical (unpaired) electrons. The molecule has 0 amide bonds. The van der Waals surface area contributed by atoms with Crippen LogP contribution in [0.2, 0.25) is 0 Å². The van der Waals surface area contributed by atoms with E-state index in [0.717, 1.165) is 0 Å². The van der Waals surface area contributed by atoms with Crippen LogP contribution in [0.15, 0.2) is 0 Å². The molecule has 1 aliphatic heterocycles. The fourth-order valence-electron chi connectivity index (χ4n) is 0.922. The van der Waals surface area contributed by atoms with Crippen LogP contribution in [0.3, 0.4) is 0 Å². The van der Waals surface area contributed by atoms with Crippen LogP contribution >= 0.6 is 0 Å². The molecule has 0 spiro atoms. The fraction of sp³-hybridized carbons (Fsp3) is 0.833. The third kappa shape index (κ3) is 1.41. The predicted octanol–water partition coefficient (Wildman–Crippen LogP) is -1.99. The van der Waals surface area contributed by atoms with E-state index >= 15 is 0 Å². The highest BCUT2D eigenvalue weighted by atomic mass is 16.6. The number of carbonyl (C=O) groups excluding carboxylic acids is 1. The van der Waals surface area contributed by atoms with Gasteiger partial charge in [0.15, 0.2) is 0 Å². The zero-order valence-electron chi connectivity index (χ0n) is 5.97. The van der Waals surface area contributed by atoms with E-state index in [0.29, 0.717) is 0 Å². The summed E-state index contributed by atoms with van der Waals surface area (Å²) >= 11 is 0. The summed E-state index contributed by atoms with van der Waals surface area (Å²) in [4.78, 5) is 10.7. The van der Waals surface area contributed by atoms with E-state index in [-0.39, 0.29) is 0 Å². The molecule has 1 unspecified atom stereocenters. The Bertz CT molecular complexity index is 168. The van der Waals surface area contributed by atoms with E-state index in [1.54, 1.807) is 0 Å². The van der Waals surface area contributed by atoms with Crippen LogP contribution in [-0.4, -0.2) is 45.7 Å². The lowest BCUT2D eigenvalue weighted by atomic mass is 10.0. The van der Waals surface area contributed by atoms with Crippen LogP contribution in [0.5, 0.6) is 0 Å². The van der Waals surface area contributed by atoms with Gasteiger partial charge >= 0.3 is 0 Å². The van der Waals surface area contributed by atoms with E-state index in [4.69, 9.17) is 15.3 Å². The van der Waals surface area contributed by atoms with Crippen LogP contribution < -0.4 is 0 Å². The number of ketones is 1. The molecule has 4 atom stereocenters. The molecule has 1 fully saturated rings. The molecule has 3 N–H and O–H groups in total. The Kier molecular flexibility index (Phi) is 2.24. The monoisotopic (exact) mass is 162 g/mol. The third-order valence-electron chi connectivity index (χ3n) is 1.68. The fourth-order valence-corrected chi connectivity index (χ4v) is 0.922. The molecule has 0 aromatic carbocycles. The largest absolute Gasteiger partial charge is 0.387 e. The highest BCUT2D eigenvalue weighted by Gasteiger charge is 2.40. The lowest BCUT2D eigenvalue weighted by molar-refractivity contribution is -0.217. The van der Waals surface area contributed by atoms with Gasteiger partial charge in [0.2, 0.25) is 12.1 Å². The maximum atomic E-state index is 10.7. The lowest BCUT2D eigenvalue weighted by Gasteiger charge is -2.31. The summed E-state index contributed by atoms with van der Waals surface area (Å²) in [5.74, 6) is -0.893. The van der Waals surface area contributed by atoms with Gasteiger partial charge in [-0.05, 0) is 6.92 Å². The van der Waals surface area contributed by atoms with Gasteiger partial charge in [-0.3, -0.25) is 4.79 Å². The molecule has 11 heavy (non-hydrogen) atoms. The van der Waals surface area contributed by atoms with Gasteiger partial charge in [0, 0.05) is 0 Å². The van der Waals surface area contributed by atoms with Gasteiger partial charge in [-0.15, -0.1) is 0 Å². The van der Waals surface area contributed by atoms with Gasteiger partial charge < -0.3 is 20.1 Å². The predicted molar refractivity (Wildman–Crippen MR) is 33.6 cm³/mol. The smallest absolute Gasteiger partial charge is 0.219 e. The molecule has 5 heteroatoms. The minimum atomic E-state index is -1.61. The summed E-state index contributed by atoms with van der Waals surface area (Å²) in [5, 5.41) is 26.8. The van der Waals surface area contributed by atoms with E-state index in [1.807, 2.05) is 0 Å². The molecular weight excluding hydrogens is 152 g/mol. The van der Waals surface area contributed by atoms with Gasteiger partial charge in [-0.2, -0.15) is 0 Å². The van der Waals surface area contributed by atoms with Crippen molar-refractivity contribution in [3.05, 3.63) is 0 Å². The Morgan fingerprint density at radius 3 is 2.45 bits per heavy atom. The quantitative estimate of drug-likeness (QED) is 0.384. The number of aliphatic hydroxyl groups is 3. The van der Waals surface area contributed by atoms with Crippen LogP contribution in [-0.2, 0) is 9.53 Å². The van der Waals surface area contributed by atoms with E-state index in [1.165, 1.54) is 6.92 Å². The van der Waals surface area contributed by atoms with Gasteiger partial charge in [-0.1, -0.05) is 0 Å². The molecule has 1 rings (SSSR count). The Balaban J connectivity index is 2.70. The summed E-state index contributed by atoms with van der Waals surface area (Å²) < 4.78 is 4.58. The first-order valence-electron chi connectivity index (χ1n) is 3.27. The van der Waals surface area contributed by atoms with Crippen LogP contribution in [0.25, 0.3) is 0 Å². The van der Waals surface area contributed by atoms with E-state index in [9.17, 15) is 4.79 Å². The standard InChI is InChI=1S/C6H10O5/c1-2-3(7)4(8)5(9)6(10)11-2/h2-4,6-8,10H,1H3/t2-,3-,4+,6?/m1/s1. The third-order valence-corrected chi connectivity index (χ3v) is 1.68. The van der Waals surface area contributed by atoms with Crippen molar-refractivity contribution >= 4 is 5.78 Å². The summed E-state index contributed by atoms with van der Waals surface area (Å²) in [5.41, 5.74) is 0. The topological polar surface area (TPSA) is 87.0 Å². The Hall–Kier alpha value is -0.490. The first-order chi connectivity index (χ1) is 5.04. The summed E-state index contributed by atoms with van der Waals surface area (Å²) in [6, 6.07) is 0. The maximum Gasteiger partial charge on any atom is 0.219 e. The Labute approximate surface area is 63.2 Å². The van der Waals surface area contributed by atoms with Crippen molar-refractivity contribution in [3.63, 3.8) is 0 Å². The van der Waals surface area contributed by atoms with Crippen LogP contribution in [0.1, 0.15) is 6.92 Å². The molecule has 0 bridgehead atoms. The SMILES string of the molecule is C[C@H]1OC(O)C(=O)[C@@H](O)[C@@H]1O. The van der Waals surface area contributed by atoms with Gasteiger partial charge in [-0.25, -0.2) is 0 Å². The zero-order chi connectivity index (χ0) is 8.59. The van der Waals surface area contributed by atoms with E-state index < -0.39 is 30.4 Å². The highest BCUT2D eigenvalue weighted by Crippen LogP contribution is 2.15. The minimum absolute atomic E-state index is 0.724. The molecular formula is C6H10O5. The van der Waals surface area contributed by atoms with Crippen molar-refractivity contribution in [2.24, 2.45) is 0 Å². The van der Waals surface area contributed by atoms with Gasteiger partial charge in [0.05, 0.1) is 6.10 Å². The minimum Gasteiger partial charge on any atom is -0.387 e. The molecule has 5 nitrogen and oxygen atoms in total. The number of ether oxygens (including phenoxy) is 1. The molecule has 0 aromatic rings. The first-order valence-corrected chi connectivity index (χ1v) is 3.27. The second-order valence-electron chi connectivity index (χ2n) is 2.53. The number of rotatable bonds is 0. The normalized spacial score (nSPS) is 46.0. The lowest BCUT2D eigenvalue weighted by Crippen LogP contribution is -2.53. The molecule has 0 aliphatic carbocycles. The second kappa shape index (κ2) is 2.86. The van der Waals surface area contributed by atoms with Crippen molar-refractivity contribution in [3.8, 4) is 0 Å². The van der Waals surface area contributed by atoms with Crippen molar-refractivity contribution in [1.29, 1.82) is 0 Å². The second-order valence-corrected chi connectivity index (χ2v) is 2.53. The van der Waals surface area contributed by atoms with Crippen LogP contribution in [0.4, 0.5) is 0 Å². The molecule has 1 saturated heterocycles. The molecule has 64 valence electrons. The molecule has 0 saturated carbocycles. The maximum absolute atomic E-state index is 10.7. The Morgan fingerprint density at radius 1 is 1.36 bits per heavy atom. The van der Waals surface area contributed by atoms with E-state index in [2.05, 4.69) is 4.74 Å². The summed E-state index contributed by atoms with van der Waals surface area (Å²) in [7, 11) is 0. The number of hydrogen-bond acceptors (Lipinski definition) is 5. The first kappa shape index (κ1) is 8.61. The average molecular weight is 162 g/mol. The van der Waals surface area contributed by atoms with Crippen molar-refractivity contribution < 1.29 is 24.9 Å². The average Bonchev–Trinajstić information content (AvgIpc) is 1.97. The van der Waals surface area contributed by atoms with Crippen molar-refractivity contribution in [2.75, 3.05) is 0 Å². The Morgan fingerprint density at radius 2 is 1.91 bits per heavy atom. The van der Waals surface area contributed by atoms with Crippen molar-refractivity contribution in [2.45, 2.75) is 31.5 Å². The molecule has 1 heterocycles. The van der Waals surface area contributed by atoms with Crippen LogP contribution in [0, 0.1) is 0 Å². The summed E-state index contributed by atoms with van der Waals surface area (Å²) in [6.45, 7) is 1.46. The number of Topliss-reactive ketones (excluding diaryl/α,β-unsaturated/α-hetero) is 1. The summed E-state index contributed by atoms with van der Waals surface area (Å²) in [6.07, 6.45) is -5.11. The number of aliphatic hydroxyl groups excluding tert-OH is 3. The highest BCUT2D eigenvalue weighted by molar-refractivity contribution is 5.87. The number of carbonyl (C=O) groups is 1. The van der Waals surface area contributed by atoms with Crippen molar-refractivity contribution in [1.82, 2.24) is 0 Å². The van der Waals surface area contributed by atoms with Gasteiger partial charge in [0.25, 0.3) is 0 Å². The van der Waals surface area contributed by atoms with Gasteiger partial charge in [0.1, 0.15) is 12.2 Å².